The van der Waals surface area contributed by atoms with Gasteiger partial charge in [0.05, 0.1) is 21.4 Å². The number of alkyl halides is 5. The van der Waals surface area contributed by atoms with Crippen molar-refractivity contribution in [3.63, 3.8) is 0 Å². The van der Waals surface area contributed by atoms with Crippen LogP contribution in [-0.2, 0) is 23.3 Å². The van der Waals surface area contributed by atoms with E-state index in [9.17, 15) is 35.2 Å². The third kappa shape index (κ3) is 7.26. The number of amides is 1. The predicted molar refractivity (Wildman–Crippen MR) is 141 cm³/mol. The highest BCUT2D eigenvalue weighted by molar-refractivity contribution is 7.92. The van der Waals surface area contributed by atoms with Crippen molar-refractivity contribution in [2.24, 2.45) is 18.4 Å². The Morgan fingerprint density at radius 2 is 1.82 bits per heavy atom. The summed E-state index contributed by atoms with van der Waals surface area (Å²) in [6.45, 7) is 0.662. The quantitative estimate of drug-likeness (QED) is 0.323. The number of ether oxygens (including phenoxy) is 1. The first-order valence-corrected chi connectivity index (χ1v) is 14.9. The van der Waals surface area contributed by atoms with Crippen molar-refractivity contribution in [3.8, 4) is 17.0 Å². The summed E-state index contributed by atoms with van der Waals surface area (Å²) >= 11 is 6.48. The molecule has 0 radical (unpaired) electrons. The number of hydrogen-bond donors (Lipinski definition) is 1. The van der Waals surface area contributed by atoms with Gasteiger partial charge in [-0.15, -0.1) is 0 Å². The maximum absolute atomic E-state index is 13.4. The summed E-state index contributed by atoms with van der Waals surface area (Å²) in [5.74, 6) is -0.831. The van der Waals surface area contributed by atoms with Crippen LogP contribution in [0.4, 0.5) is 22.0 Å². The normalized spacial score (nSPS) is 18.7. The van der Waals surface area contributed by atoms with E-state index in [1.165, 1.54) is 23.9 Å². The van der Waals surface area contributed by atoms with Gasteiger partial charge < -0.3 is 10.1 Å². The van der Waals surface area contributed by atoms with Gasteiger partial charge in [-0.05, 0) is 55.7 Å². The van der Waals surface area contributed by atoms with Crippen molar-refractivity contribution in [1.29, 1.82) is 0 Å². The number of carbonyl (C=O) groups is 1. The van der Waals surface area contributed by atoms with Gasteiger partial charge >= 0.3 is 12.8 Å². The van der Waals surface area contributed by atoms with Gasteiger partial charge in [0.15, 0.2) is 15.5 Å². The minimum Gasteiger partial charge on any atom is -0.434 e. The van der Waals surface area contributed by atoms with Gasteiger partial charge in [0.25, 0.3) is 5.91 Å². The lowest BCUT2D eigenvalue weighted by molar-refractivity contribution is -0.211. The van der Waals surface area contributed by atoms with E-state index >= 15 is 0 Å². The lowest BCUT2D eigenvalue weighted by Crippen LogP contribution is -2.34. The van der Waals surface area contributed by atoms with Crippen molar-refractivity contribution in [2.45, 2.75) is 70.9 Å². The van der Waals surface area contributed by atoms with Crippen molar-refractivity contribution >= 4 is 27.3 Å². The number of nitrogens with zero attached hydrogens (tertiary/aromatic N) is 2. The Labute approximate surface area is 235 Å². The molecule has 7 nitrogen and oxygen atoms in total. The Bertz CT molecular complexity index is 1320. The van der Waals surface area contributed by atoms with E-state index in [0.29, 0.717) is 25.7 Å². The van der Waals surface area contributed by atoms with Crippen LogP contribution in [0.25, 0.3) is 11.3 Å². The summed E-state index contributed by atoms with van der Waals surface area (Å²) in [6.07, 6.45) is -2.68. The van der Waals surface area contributed by atoms with Crippen LogP contribution in [0.3, 0.4) is 0 Å². The van der Waals surface area contributed by atoms with Crippen LogP contribution in [0.1, 0.15) is 62.5 Å². The average molecular weight is 614 g/mol. The molecule has 1 aromatic carbocycles. The van der Waals surface area contributed by atoms with E-state index in [1.54, 1.807) is 6.92 Å². The molecule has 1 amide bonds. The molecule has 224 valence electrons. The minimum absolute atomic E-state index is 0.0309. The summed E-state index contributed by atoms with van der Waals surface area (Å²) in [6, 6.07) is 3.78. The van der Waals surface area contributed by atoms with E-state index in [1.807, 2.05) is 0 Å². The SMILES string of the molecule is CCS(=O)(=O)C1CCC(CNC(=O)c2nn(C)c(-c3ccc(CC(C)(C)C(F)(F)F)cc3OC(F)F)c2Cl)CC1. The van der Waals surface area contributed by atoms with Crippen LogP contribution in [-0.4, -0.2) is 54.4 Å². The molecular weight excluding hydrogens is 581 g/mol. The molecule has 1 aliphatic rings. The molecule has 0 aliphatic heterocycles. The Morgan fingerprint density at radius 1 is 1.20 bits per heavy atom. The largest absolute Gasteiger partial charge is 0.434 e. The first-order valence-electron chi connectivity index (χ1n) is 12.8. The van der Waals surface area contributed by atoms with Gasteiger partial charge in [0.2, 0.25) is 0 Å². The van der Waals surface area contributed by atoms with E-state index < -0.39 is 46.1 Å². The van der Waals surface area contributed by atoms with E-state index in [0.717, 1.165) is 19.9 Å². The van der Waals surface area contributed by atoms with Crippen LogP contribution < -0.4 is 10.1 Å². The number of aryl methyl sites for hydroxylation is 1. The van der Waals surface area contributed by atoms with Crippen LogP contribution in [0.15, 0.2) is 18.2 Å². The van der Waals surface area contributed by atoms with E-state index in [2.05, 4.69) is 15.2 Å². The van der Waals surface area contributed by atoms with Crippen molar-refractivity contribution in [3.05, 3.63) is 34.5 Å². The fourth-order valence-electron chi connectivity index (χ4n) is 4.86. The fraction of sp³-hybridized carbons (Fsp3) is 0.615. The lowest BCUT2D eigenvalue weighted by atomic mass is 9.84. The number of halogens is 6. The van der Waals surface area contributed by atoms with E-state index in [-0.39, 0.29) is 51.0 Å². The third-order valence-corrected chi connectivity index (χ3v) is 10.0. The maximum Gasteiger partial charge on any atom is 0.394 e. The molecular formula is C26H33ClF5N3O4S. The average Bonchev–Trinajstić information content (AvgIpc) is 3.15. The Balaban J connectivity index is 1.80. The molecule has 2 aromatic rings. The number of aromatic nitrogens is 2. The standard InChI is InChI=1S/C26H33ClF5N3O4S/c1-5-40(37,38)17-9-6-15(7-10-17)14-33-23(36)21-20(27)22(35(4)34-21)18-11-8-16(12-19(18)39-24(28)29)13-25(2,3)26(30,31)32/h8,11-12,15,17,24H,5-7,9-10,13-14H2,1-4H3,(H,33,36). The molecule has 0 spiro atoms. The molecule has 1 fully saturated rings. The highest BCUT2D eigenvalue weighted by atomic mass is 35.5. The molecule has 1 aliphatic carbocycles. The zero-order valence-corrected chi connectivity index (χ0v) is 24.2. The Kier molecular flexibility index (Phi) is 9.81. The van der Waals surface area contributed by atoms with Gasteiger partial charge in [-0.25, -0.2) is 8.42 Å². The molecule has 0 bridgehead atoms. The van der Waals surface area contributed by atoms with Crippen LogP contribution in [0.2, 0.25) is 5.02 Å². The lowest BCUT2D eigenvalue weighted by Gasteiger charge is -2.28. The minimum atomic E-state index is -4.52. The smallest absolute Gasteiger partial charge is 0.394 e. The predicted octanol–water partition coefficient (Wildman–Crippen LogP) is 6.20. The second kappa shape index (κ2) is 12.2. The van der Waals surface area contributed by atoms with E-state index in [4.69, 9.17) is 11.6 Å². The summed E-state index contributed by atoms with van der Waals surface area (Å²) in [4.78, 5) is 12.9. The molecule has 1 saturated carbocycles. The van der Waals surface area contributed by atoms with Crippen molar-refractivity contribution in [2.75, 3.05) is 12.3 Å². The topological polar surface area (TPSA) is 90.3 Å². The summed E-state index contributed by atoms with van der Waals surface area (Å²) < 4.78 is 96.7. The number of carbonyl (C=O) groups excluding carboxylic acids is 1. The van der Waals surface area contributed by atoms with Crippen molar-refractivity contribution < 1.29 is 39.9 Å². The summed E-state index contributed by atoms with van der Waals surface area (Å²) in [5, 5.41) is 6.39. The van der Waals surface area contributed by atoms with Crippen LogP contribution in [0.5, 0.6) is 5.75 Å². The number of nitrogens with one attached hydrogen (secondary N) is 1. The number of rotatable bonds is 10. The Morgan fingerprint density at radius 3 is 2.38 bits per heavy atom. The fourth-order valence-corrected chi connectivity index (χ4v) is 6.67. The highest BCUT2D eigenvalue weighted by Gasteiger charge is 2.47. The van der Waals surface area contributed by atoms with Gasteiger partial charge in [-0.3, -0.25) is 9.48 Å². The second-order valence-electron chi connectivity index (χ2n) is 10.7. The molecule has 1 aromatic heterocycles. The first kappa shape index (κ1) is 32.1. The molecule has 0 saturated heterocycles. The summed E-state index contributed by atoms with van der Waals surface area (Å²) in [5.41, 5.74) is -2.04. The Hall–Kier alpha value is -2.41. The van der Waals surface area contributed by atoms with Crippen LogP contribution >= 0.6 is 11.6 Å². The highest BCUT2D eigenvalue weighted by Crippen LogP contribution is 2.43. The second-order valence-corrected chi connectivity index (χ2v) is 13.7. The molecule has 40 heavy (non-hydrogen) atoms. The van der Waals surface area contributed by atoms with Gasteiger partial charge in [0.1, 0.15) is 5.75 Å². The van der Waals surface area contributed by atoms with Crippen LogP contribution in [0, 0.1) is 11.3 Å². The molecule has 1 N–H and O–H groups in total. The van der Waals surface area contributed by atoms with Gasteiger partial charge in [-0.2, -0.15) is 27.1 Å². The summed E-state index contributed by atoms with van der Waals surface area (Å²) in [7, 11) is -1.66. The molecule has 3 rings (SSSR count). The molecule has 14 heteroatoms. The zero-order valence-electron chi connectivity index (χ0n) is 22.6. The molecule has 0 atom stereocenters. The third-order valence-electron chi connectivity index (χ3n) is 7.39. The first-order chi connectivity index (χ1) is 18.5. The number of benzene rings is 1. The number of hydrogen-bond acceptors (Lipinski definition) is 5. The monoisotopic (exact) mass is 613 g/mol. The zero-order chi connectivity index (χ0) is 30.0. The maximum atomic E-state index is 13.4. The van der Waals surface area contributed by atoms with Crippen molar-refractivity contribution in [1.82, 2.24) is 15.1 Å². The molecule has 0 unspecified atom stereocenters. The molecule has 1 heterocycles. The van der Waals surface area contributed by atoms with Gasteiger partial charge in [0, 0.05) is 24.9 Å². The van der Waals surface area contributed by atoms with Gasteiger partial charge in [-0.1, -0.05) is 38.4 Å². The number of sulfone groups is 1.